The van der Waals surface area contributed by atoms with E-state index in [-0.39, 0.29) is 24.0 Å². The van der Waals surface area contributed by atoms with E-state index >= 15 is 0 Å². The van der Waals surface area contributed by atoms with Crippen molar-refractivity contribution in [1.82, 2.24) is 0 Å². The molecule has 0 atom stereocenters. The molecule has 0 saturated carbocycles. The number of nitrogens with one attached hydrogen (secondary N) is 1. The van der Waals surface area contributed by atoms with Crippen LogP contribution in [0.3, 0.4) is 0 Å². The quantitative estimate of drug-likeness (QED) is 0.275. The molecule has 4 heteroatoms. The molecule has 3 rings (SSSR count). The molecule has 0 amide bonds. The van der Waals surface area contributed by atoms with Crippen molar-refractivity contribution in [3.63, 3.8) is 0 Å². The second-order valence-electron chi connectivity index (χ2n) is 6.26. The van der Waals surface area contributed by atoms with Crippen LogP contribution >= 0.6 is 0 Å². The number of benzene rings is 2. The first kappa shape index (κ1) is 19.4. The molecule has 2 aromatic carbocycles. The Morgan fingerprint density at radius 1 is 0.960 bits per heavy atom. The fraction of sp³-hybridized carbons (Fsp3) is 0.238. The van der Waals surface area contributed by atoms with Crippen LogP contribution < -0.4 is 34.0 Å². The Morgan fingerprint density at radius 2 is 1.68 bits per heavy atom. The number of pyridine rings is 1. The monoisotopic (exact) mass is 445 g/mol. The fourth-order valence-electron chi connectivity index (χ4n) is 2.78. The summed E-state index contributed by atoms with van der Waals surface area (Å²) < 4.78 is 2.36. The van der Waals surface area contributed by atoms with Gasteiger partial charge in [-0.1, -0.05) is 29.8 Å². The summed E-state index contributed by atoms with van der Waals surface area (Å²) >= 11 is 0. The molecule has 0 bridgehead atoms. The standard InChI is InChI=1S/C21H24N3.HI/c1-16-8-12-20(13-9-16)23-22-17(2)14-15-24-18(3)10-11-19-6-4-5-7-21(19)24;/h4-13,23H,14-15H2,1-3H3;1H/q+1;/p-1/b22-17-;. The maximum Gasteiger partial charge on any atom is 0.212 e. The largest absolute Gasteiger partial charge is 1.00 e. The summed E-state index contributed by atoms with van der Waals surface area (Å²) in [6, 6.07) is 21.2. The summed E-state index contributed by atoms with van der Waals surface area (Å²) in [6.45, 7) is 7.24. The van der Waals surface area contributed by atoms with Crippen LogP contribution in [-0.4, -0.2) is 5.71 Å². The maximum atomic E-state index is 4.50. The van der Waals surface area contributed by atoms with Crippen LogP contribution in [0.15, 0.2) is 65.8 Å². The zero-order valence-electron chi connectivity index (χ0n) is 15.0. The van der Waals surface area contributed by atoms with Gasteiger partial charge in [0.2, 0.25) is 5.52 Å². The van der Waals surface area contributed by atoms with E-state index in [4.69, 9.17) is 0 Å². The van der Waals surface area contributed by atoms with Crippen molar-refractivity contribution in [3.05, 3.63) is 71.9 Å². The number of anilines is 1. The highest BCUT2D eigenvalue weighted by Crippen LogP contribution is 2.11. The Bertz CT molecular complexity index is 870. The first-order chi connectivity index (χ1) is 11.6. The molecular formula is C21H24IN3. The third kappa shape index (κ3) is 5.01. The molecular weight excluding hydrogens is 421 g/mol. The van der Waals surface area contributed by atoms with Gasteiger partial charge in [-0.05, 0) is 38.1 Å². The van der Waals surface area contributed by atoms with Gasteiger partial charge in [0.15, 0.2) is 12.2 Å². The average molecular weight is 445 g/mol. The van der Waals surface area contributed by atoms with Crippen molar-refractivity contribution >= 4 is 22.3 Å². The lowest BCUT2D eigenvalue weighted by Gasteiger charge is -2.06. The van der Waals surface area contributed by atoms with Gasteiger partial charge in [-0.3, -0.25) is 5.43 Å². The molecule has 0 aliphatic rings. The molecule has 0 saturated heterocycles. The lowest BCUT2D eigenvalue weighted by molar-refractivity contribution is -0.676. The Morgan fingerprint density at radius 3 is 2.44 bits per heavy atom. The zero-order chi connectivity index (χ0) is 16.9. The summed E-state index contributed by atoms with van der Waals surface area (Å²) in [4.78, 5) is 0. The van der Waals surface area contributed by atoms with Gasteiger partial charge in [0.1, 0.15) is 0 Å². The third-order valence-electron chi connectivity index (χ3n) is 4.28. The van der Waals surface area contributed by atoms with Crippen molar-refractivity contribution < 1.29 is 28.5 Å². The number of aryl methyl sites for hydroxylation is 3. The third-order valence-corrected chi connectivity index (χ3v) is 4.28. The number of para-hydroxylation sites is 1. The number of aromatic nitrogens is 1. The van der Waals surface area contributed by atoms with Crippen LogP contribution in [0.25, 0.3) is 10.9 Å². The van der Waals surface area contributed by atoms with Crippen molar-refractivity contribution in [2.75, 3.05) is 5.43 Å². The fourth-order valence-corrected chi connectivity index (χ4v) is 2.78. The van der Waals surface area contributed by atoms with E-state index in [0.717, 1.165) is 24.4 Å². The van der Waals surface area contributed by atoms with Gasteiger partial charge in [0.05, 0.1) is 5.69 Å². The lowest BCUT2D eigenvalue weighted by atomic mass is 10.2. The molecule has 0 fully saturated rings. The Hall–Kier alpha value is -1.95. The second-order valence-corrected chi connectivity index (χ2v) is 6.26. The lowest BCUT2D eigenvalue weighted by Crippen LogP contribution is -3.00. The highest BCUT2D eigenvalue weighted by molar-refractivity contribution is 5.82. The first-order valence-electron chi connectivity index (χ1n) is 8.37. The smallest absolute Gasteiger partial charge is 0.212 e. The minimum absolute atomic E-state index is 0. The Balaban J connectivity index is 0.00000225. The molecule has 3 nitrogen and oxygen atoms in total. The molecule has 25 heavy (non-hydrogen) atoms. The van der Waals surface area contributed by atoms with Crippen molar-refractivity contribution in [2.24, 2.45) is 5.10 Å². The Labute approximate surface area is 166 Å². The normalized spacial score (nSPS) is 11.2. The minimum Gasteiger partial charge on any atom is -1.00 e. The molecule has 1 N–H and O–H groups in total. The molecule has 0 aliphatic heterocycles. The van der Waals surface area contributed by atoms with E-state index in [2.05, 4.69) is 96.5 Å². The number of hydrazone groups is 1. The van der Waals surface area contributed by atoms with Gasteiger partial charge in [0.25, 0.3) is 0 Å². The zero-order valence-corrected chi connectivity index (χ0v) is 17.1. The van der Waals surface area contributed by atoms with Crippen LogP contribution in [0.2, 0.25) is 0 Å². The topological polar surface area (TPSA) is 28.3 Å². The minimum atomic E-state index is 0. The van der Waals surface area contributed by atoms with Gasteiger partial charge < -0.3 is 24.0 Å². The highest BCUT2D eigenvalue weighted by Gasteiger charge is 2.12. The van der Waals surface area contributed by atoms with E-state index in [1.807, 2.05) is 0 Å². The summed E-state index contributed by atoms with van der Waals surface area (Å²) in [5, 5.41) is 5.78. The van der Waals surface area contributed by atoms with Crippen LogP contribution in [0, 0.1) is 13.8 Å². The summed E-state index contributed by atoms with van der Waals surface area (Å²) in [7, 11) is 0. The Kier molecular flexibility index (Phi) is 6.93. The predicted molar refractivity (Wildman–Crippen MR) is 101 cm³/mol. The number of hydrogen-bond donors (Lipinski definition) is 1. The second kappa shape index (κ2) is 8.94. The molecule has 1 heterocycles. The van der Waals surface area contributed by atoms with Crippen LogP contribution in [0.5, 0.6) is 0 Å². The van der Waals surface area contributed by atoms with Crippen molar-refractivity contribution in [3.8, 4) is 0 Å². The first-order valence-corrected chi connectivity index (χ1v) is 8.37. The molecule has 0 aliphatic carbocycles. The van der Waals surface area contributed by atoms with Crippen molar-refractivity contribution in [2.45, 2.75) is 33.7 Å². The highest BCUT2D eigenvalue weighted by atomic mass is 127. The van der Waals surface area contributed by atoms with Gasteiger partial charge in [0, 0.05) is 36.6 Å². The van der Waals surface area contributed by atoms with Gasteiger partial charge in [-0.15, -0.1) is 0 Å². The van der Waals surface area contributed by atoms with Crippen molar-refractivity contribution in [1.29, 1.82) is 0 Å². The molecule has 0 radical (unpaired) electrons. The van der Waals surface area contributed by atoms with Crippen LogP contribution in [0.4, 0.5) is 5.69 Å². The maximum absolute atomic E-state index is 4.50. The summed E-state index contributed by atoms with van der Waals surface area (Å²) in [6.07, 6.45) is 0.915. The molecule has 0 unspecified atom stereocenters. The van der Waals surface area contributed by atoms with Gasteiger partial charge >= 0.3 is 0 Å². The average Bonchev–Trinajstić information content (AvgIpc) is 2.60. The number of rotatable bonds is 5. The number of halogens is 1. The summed E-state index contributed by atoms with van der Waals surface area (Å²) in [5.41, 5.74) is 9.05. The van der Waals surface area contributed by atoms with E-state index in [1.54, 1.807) is 0 Å². The summed E-state index contributed by atoms with van der Waals surface area (Å²) in [5.74, 6) is 0. The molecule has 130 valence electrons. The van der Waals surface area contributed by atoms with Gasteiger partial charge in [-0.2, -0.15) is 9.67 Å². The molecule has 3 aromatic rings. The van der Waals surface area contributed by atoms with Crippen LogP contribution in [-0.2, 0) is 6.54 Å². The SMILES string of the molecule is C/C(CC[n+]1c(C)ccc2ccccc21)=N/Nc1ccc(C)cc1.[I-]. The van der Waals surface area contributed by atoms with E-state index in [1.165, 1.54) is 22.2 Å². The van der Waals surface area contributed by atoms with Crippen LogP contribution in [0.1, 0.15) is 24.6 Å². The van der Waals surface area contributed by atoms with E-state index in [0.29, 0.717) is 0 Å². The molecule has 0 spiro atoms. The number of nitrogens with zero attached hydrogens (tertiary/aromatic N) is 2. The van der Waals surface area contributed by atoms with Gasteiger partial charge in [-0.25, -0.2) is 0 Å². The molecule has 1 aromatic heterocycles. The number of fused-ring (bicyclic) bond motifs is 1. The number of hydrogen-bond acceptors (Lipinski definition) is 2. The van der Waals surface area contributed by atoms with E-state index < -0.39 is 0 Å². The van der Waals surface area contributed by atoms with E-state index in [9.17, 15) is 0 Å². The predicted octanol–water partition coefficient (Wildman–Crippen LogP) is 1.63.